The Bertz CT molecular complexity index is 578. The maximum absolute atomic E-state index is 4.61. The molecule has 0 saturated carbocycles. The fraction of sp³-hybridized carbons (Fsp3) is 0.412. The molecule has 0 aliphatic rings. The summed E-state index contributed by atoms with van der Waals surface area (Å²) in [4.78, 5) is 11.3. The molecule has 0 spiro atoms. The highest BCUT2D eigenvalue weighted by Crippen LogP contribution is 2.18. The van der Waals surface area contributed by atoms with Gasteiger partial charge >= 0.3 is 0 Å². The van der Waals surface area contributed by atoms with Crippen LogP contribution in [-0.2, 0) is 0 Å². The van der Waals surface area contributed by atoms with Crippen molar-refractivity contribution in [3.05, 3.63) is 41.6 Å². The van der Waals surface area contributed by atoms with E-state index in [1.54, 1.807) is 0 Å². The molecule has 0 radical (unpaired) electrons. The Morgan fingerprint density at radius 2 is 1.81 bits per heavy atom. The first-order valence-electron chi connectivity index (χ1n) is 7.49. The number of nitrogens with one attached hydrogen (secondary N) is 1. The van der Waals surface area contributed by atoms with Crippen LogP contribution in [-0.4, -0.2) is 23.6 Å². The Kier molecular flexibility index (Phi) is 5.14. The zero-order chi connectivity index (χ0) is 15.2. The van der Waals surface area contributed by atoms with E-state index < -0.39 is 0 Å². The third-order valence-electron chi connectivity index (χ3n) is 3.39. The summed E-state index contributed by atoms with van der Waals surface area (Å²) in [5, 5.41) is 3.27. The fourth-order valence-corrected chi connectivity index (χ4v) is 2.08. The number of aromatic nitrogens is 2. The molecule has 0 unspecified atom stereocenters. The molecule has 0 amide bonds. The summed E-state index contributed by atoms with van der Waals surface area (Å²) in [5.74, 6) is 1.61. The van der Waals surface area contributed by atoms with E-state index in [9.17, 15) is 0 Å². The quantitative estimate of drug-likeness (QED) is 0.868. The predicted octanol–water partition coefficient (Wildman–Crippen LogP) is 4.07. The van der Waals surface area contributed by atoms with Crippen molar-refractivity contribution >= 4 is 17.5 Å². The number of hydrogen-bond donors (Lipinski definition) is 1. The highest BCUT2D eigenvalue weighted by molar-refractivity contribution is 5.55. The summed E-state index contributed by atoms with van der Waals surface area (Å²) in [6, 6.07) is 10.3. The number of unbranched alkanes of at least 4 members (excludes halogenated alkanes) is 1. The van der Waals surface area contributed by atoms with Crippen LogP contribution in [0.2, 0.25) is 0 Å². The van der Waals surface area contributed by atoms with Gasteiger partial charge in [0.1, 0.15) is 5.82 Å². The van der Waals surface area contributed by atoms with Crippen molar-refractivity contribution in [2.24, 2.45) is 0 Å². The van der Waals surface area contributed by atoms with Gasteiger partial charge in [-0.05, 0) is 32.4 Å². The lowest BCUT2D eigenvalue weighted by Gasteiger charge is -2.19. The van der Waals surface area contributed by atoms with Gasteiger partial charge in [0.05, 0.1) is 0 Å². The van der Waals surface area contributed by atoms with Crippen LogP contribution in [0.1, 0.15) is 31.0 Å². The molecule has 1 aromatic heterocycles. The standard InChI is InChI=1S/C17H24N4/c1-5-6-11-21(4)16-12-14(3)18-17(20-16)19-15-9-7-13(2)8-10-15/h7-10,12H,5-6,11H2,1-4H3,(H,18,19,20). The largest absolute Gasteiger partial charge is 0.360 e. The van der Waals surface area contributed by atoms with Gasteiger partial charge in [0, 0.05) is 31.0 Å². The first-order valence-corrected chi connectivity index (χ1v) is 7.49. The molecule has 0 aliphatic carbocycles. The lowest BCUT2D eigenvalue weighted by atomic mass is 10.2. The minimum atomic E-state index is 0.650. The van der Waals surface area contributed by atoms with E-state index in [0.717, 1.165) is 23.7 Å². The Morgan fingerprint density at radius 1 is 1.10 bits per heavy atom. The zero-order valence-electron chi connectivity index (χ0n) is 13.3. The summed E-state index contributed by atoms with van der Waals surface area (Å²) in [7, 11) is 2.08. The molecule has 1 N–H and O–H groups in total. The number of anilines is 3. The van der Waals surface area contributed by atoms with Gasteiger partial charge in [0.25, 0.3) is 0 Å². The van der Waals surface area contributed by atoms with Crippen LogP contribution in [0, 0.1) is 13.8 Å². The van der Waals surface area contributed by atoms with E-state index in [-0.39, 0.29) is 0 Å². The number of hydrogen-bond acceptors (Lipinski definition) is 4. The van der Waals surface area contributed by atoms with Crippen LogP contribution in [0.25, 0.3) is 0 Å². The maximum atomic E-state index is 4.61. The second-order valence-electron chi connectivity index (χ2n) is 5.46. The average Bonchev–Trinajstić information content (AvgIpc) is 2.46. The molecule has 112 valence electrons. The second kappa shape index (κ2) is 7.07. The molecule has 4 heteroatoms. The van der Waals surface area contributed by atoms with Crippen molar-refractivity contribution in [3.63, 3.8) is 0 Å². The molecular weight excluding hydrogens is 260 g/mol. The van der Waals surface area contributed by atoms with E-state index in [0.29, 0.717) is 5.95 Å². The first kappa shape index (κ1) is 15.3. The van der Waals surface area contributed by atoms with E-state index in [1.807, 2.05) is 25.1 Å². The summed E-state index contributed by atoms with van der Waals surface area (Å²) in [6.45, 7) is 7.28. The highest BCUT2D eigenvalue weighted by atomic mass is 15.2. The van der Waals surface area contributed by atoms with Crippen molar-refractivity contribution in [3.8, 4) is 0 Å². The highest BCUT2D eigenvalue weighted by Gasteiger charge is 2.06. The fourth-order valence-electron chi connectivity index (χ4n) is 2.08. The number of rotatable bonds is 6. The molecule has 4 nitrogen and oxygen atoms in total. The van der Waals surface area contributed by atoms with Gasteiger partial charge < -0.3 is 10.2 Å². The van der Waals surface area contributed by atoms with Crippen molar-refractivity contribution in [1.82, 2.24) is 9.97 Å². The monoisotopic (exact) mass is 284 g/mol. The number of aryl methyl sites for hydroxylation is 2. The molecule has 1 heterocycles. The molecule has 0 atom stereocenters. The van der Waals surface area contributed by atoms with Gasteiger partial charge in [0.15, 0.2) is 0 Å². The lowest BCUT2D eigenvalue weighted by molar-refractivity contribution is 0.758. The van der Waals surface area contributed by atoms with Crippen LogP contribution in [0.15, 0.2) is 30.3 Å². The minimum absolute atomic E-state index is 0.650. The van der Waals surface area contributed by atoms with Crippen LogP contribution >= 0.6 is 0 Å². The second-order valence-corrected chi connectivity index (χ2v) is 5.46. The third kappa shape index (κ3) is 4.45. The van der Waals surface area contributed by atoms with Crippen molar-refractivity contribution in [2.45, 2.75) is 33.6 Å². The van der Waals surface area contributed by atoms with Gasteiger partial charge in [-0.1, -0.05) is 31.0 Å². The van der Waals surface area contributed by atoms with E-state index >= 15 is 0 Å². The van der Waals surface area contributed by atoms with Gasteiger partial charge in [-0.3, -0.25) is 0 Å². The van der Waals surface area contributed by atoms with Crippen molar-refractivity contribution in [2.75, 3.05) is 23.8 Å². The molecule has 21 heavy (non-hydrogen) atoms. The number of nitrogens with zero attached hydrogens (tertiary/aromatic N) is 3. The normalized spacial score (nSPS) is 10.5. The lowest BCUT2D eigenvalue weighted by Crippen LogP contribution is -2.20. The molecule has 1 aromatic carbocycles. The molecule has 0 saturated heterocycles. The Labute approximate surface area is 127 Å². The van der Waals surface area contributed by atoms with Gasteiger partial charge in [-0.2, -0.15) is 4.98 Å². The SMILES string of the molecule is CCCCN(C)c1cc(C)nc(Nc2ccc(C)cc2)n1. The summed E-state index contributed by atoms with van der Waals surface area (Å²) in [6.07, 6.45) is 2.35. The van der Waals surface area contributed by atoms with Gasteiger partial charge in [-0.15, -0.1) is 0 Å². The van der Waals surface area contributed by atoms with Crippen LogP contribution in [0.3, 0.4) is 0 Å². The van der Waals surface area contributed by atoms with Crippen LogP contribution < -0.4 is 10.2 Å². The summed E-state index contributed by atoms with van der Waals surface area (Å²) < 4.78 is 0. The van der Waals surface area contributed by atoms with Crippen molar-refractivity contribution in [1.29, 1.82) is 0 Å². The van der Waals surface area contributed by atoms with Gasteiger partial charge in [-0.25, -0.2) is 4.98 Å². The van der Waals surface area contributed by atoms with E-state index in [2.05, 4.69) is 53.2 Å². The van der Waals surface area contributed by atoms with Crippen molar-refractivity contribution < 1.29 is 0 Å². The molecule has 0 aliphatic heterocycles. The Morgan fingerprint density at radius 3 is 2.48 bits per heavy atom. The third-order valence-corrected chi connectivity index (χ3v) is 3.39. The van der Waals surface area contributed by atoms with E-state index in [4.69, 9.17) is 0 Å². The van der Waals surface area contributed by atoms with Crippen LogP contribution in [0.5, 0.6) is 0 Å². The molecule has 0 bridgehead atoms. The molecule has 2 rings (SSSR count). The van der Waals surface area contributed by atoms with Gasteiger partial charge in [0.2, 0.25) is 5.95 Å². The summed E-state index contributed by atoms with van der Waals surface area (Å²) in [5.41, 5.74) is 3.22. The Balaban J connectivity index is 2.16. The first-order chi connectivity index (χ1) is 10.1. The smallest absolute Gasteiger partial charge is 0.229 e. The zero-order valence-corrected chi connectivity index (χ0v) is 13.3. The summed E-state index contributed by atoms with van der Waals surface area (Å²) >= 11 is 0. The minimum Gasteiger partial charge on any atom is -0.360 e. The molecule has 2 aromatic rings. The maximum Gasteiger partial charge on any atom is 0.229 e. The van der Waals surface area contributed by atoms with E-state index in [1.165, 1.54) is 18.4 Å². The molecular formula is C17H24N4. The number of benzene rings is 1. The Hall–Kier alpha value is -2.10. The topological polar surface area (TPSA) is 41.1 Å². The predicted molar refractivity (Wildman–Crippen MR) is 89.4 cm³/mol. The van der Waals surface area contributed by atoms with Crippen LogP contribution in [0.4, 0.5) is 17.5 Å². The molecule has 0 fully saturated rings. The average molecular weight is 284 g/mol.